The third-order valence-corrected chi connectivity index (χ3v) is 6.64. The van der Waals surface area contributed by atoms with E-state index < -0.39 is 22.0 Å². The van der Waals surface area contributed by atoms with E-state index in [2.05, 4.69) is 15.8 Å². The molecule has 9 nitrogen and oxygen atoms in total. The SMILES string of the molecule is CCOc1ccc(N([C@H](C)C(=O)N/N=C(/C)c2cccc(NC(=O)c3ccccc3)c2)S(C)(=O)=O)cc1. The first kappa shape index (κ1) is 27.4. The van der Waals surface area contributed by atoms with E-state index in [1.165, 1.54) is 6.92 Å². The predicted molar refractivity (Wildman–Crippen MR) is 146 cm³/mol. The fraction of sp³-hybridized carbons (Fsp3) is 0.222. The van der Waals surface area contributed by atoms with Crippen LogP contribution in [0.25, 0.3) is 0 Å². The van der Waals surface area contributed by atoms with Crippen LogP contribution < -0.4 is 19.8 Å². The molecule has 0 radical (unpaired) electrons. The smallest absolute Gasteiger partial charge is 0.263 e. The normalized spacial score (nSPS) is 12.4. The molecular weight excluding hydrogens is 492 g/mol. The highest BCUT2D eigenvalue weighted by atomic mass is 32.2. The molecule has 3 aromatic rings. The molecule has 3 aromatic carbocycles. The van der Waals surface area contributed by atoms with Crippen LogP contribution in [0.5, 0.6) is 5.75 Å². The maximum atomic E-state index is 12.9. The molecule has 3 rings (SSSR count). The molecule has 0 unspecified atom stereocenters. The molecule has 2 amide bonds. The van der Waals surface area contributed by atoms with Gasteiger partial charge in [0.05, 0.1) is 24.3 Å². The van der Waals surface area contributed by atoms with Crippen LogP contribution in [-0.2, 0) is 14.8 Å². The van der Waals surface area contributed by atoms with Crippen molar-refractivity contribution < 1.29 is 22.7 Å². The topological polar surface area (TPSA) is 117 Å². The van der Waals surface area contributed by atoms with Gasteiger partial charge in [-0.1, -0.05) is 30.3 Å². The molecule has 194 valence electrons. The van der Waals surface area contributed by atoms with Gasteiger partial charge in [-0.15, -0.1) is 0 Å². The minimum atomic E-state index is -3.78. The van der Waals surface area contributed by atoms with Crippen LogP contribution in [0, 0.1) is 0 Å². The number of anilines is 2. The van der Waals surface area contributed by atoms with Gasteiger partial charge in [0.25, 0.3) is 11.8 Å². The molecule has 10 heteroatoms. The van der Waals surface area contributed by atoms with Crippen molar-refractivity contribution in [3.63, 3.8) is 0 Å². The predicted octanol–water partition coefficient (Wildman–Crippen LogP) is 4.03. The van der Waals surface area contributed by atoms with E-state index in [1.807, 2.05) is 13.0 Å². The summed E-state index contributed by atoms with van der Waals surface area (Å²) in [6, 6.07) is 21.3. The van der Waals surface area contributed by atoms with E-state index in [1.54, 1.807) is 79.7 Å². The monoisotopic (exact) mass is 522 g/mol. The second-order valence-electron chi connectivity index (χ2n) is 8.24. The average molecular weight is 523 g/mol. The summed E-state index contributed by atoms with van der Waals surface area (Å²) in [6.45, 7) is 5.51. The molecule has 0 fully saturated rings. The zero-order chi connectivity index (χ0) is 27.0. The highest BCUT2D eigenvalue weighted by Gasteiger charge is 2.29. The molecule has 2 N–H and O–H groups in total. The lowest BCUT2D eigenvalue weighted by atomic mass is 10.1. The lowest BCUT2D eigenvalue weighted by Gasteiger charge is -2.27. The molecule has 0 heterocycles. The number of rotatable bonds is 10. The fourth-order valence-electron chi connectivity index (χ4n) is 3.58. The lowest BCUT2D eigenvalue weighted by Crippen LogP contribution is -2.46. The molecule has 0 aromatic heterocycles. The van der Waals surface area contributed by atoms with Crippen molar-refractivity contribution >= 4 is 38.9 Å². The minimum absolute atomic E-state index is 0.246. The highest BCUT2D eigenvalue weighted by molar-refractivity contribution is 7.92. The Morgan fingerprint density at radius 2 is 1.62 bits per heavy atom. The summed E-state index contributed by atoms with van der Waals surface area (Å²) < 4.78 is 31.5. The van der Waals surface area contributed by atoms with Gasteiger partial charge in [-0.05, 0) is 74.9 Å². The van der Waals surface area contributed by atoms with Crippen molar-refractivity contribution in [2.75, 3.05) is 22.5 Å². The van der Waals surface area contributed by atoms with Crippen LogP contribution in [-0.4, -0.2) is 44.8 Å². The van der Waals surface area contributed by atoms with Crippen LogP contribution in [0.3, 0.4) is 0 Å². The Morgan fingerprint density at radius 1 is 0.973 bits per heavy atom. The Kier molecular flexibility index (Phi) is 9.02. The van der Waals surface area contributed by atoms with Crippen molar-refractivity contribution in [2.45, 2.75) is 26.8 Å². The number of hydrazone groups is 1. The molecule has 0 bridgehead atoms. The lowest BCUT2D eigenvalue weighted by molar-refractivity contribution is -0.121. The number of nitrogens with zero attached hydrogens (tertiary/aromatic N) is 2. The van der Waals surface area contributed by atoms with Gasteiger partial charge in [-0.2, -0.15) is 5.10 Å². The number of carbonyl (C=O) groups is 2. The molecule has 0 spiro atoms. The Morgan fingerprint density at radius 3 is 2.24 bits per heavy atom. The molecule has 0 aliphatic rings. The quantitative estimate of drug-likeness (QED) is 0.308. The van der Waals surface area contributed by atoms with Crippen molar-refractivity contribution in [3.8, 4) is 5.75 Å². The summed E-state index contributed by atoms with van der Waals surface area (Å²) in [5.41, 5.74) is 5.03. The number of amides is 2. The van der Waals surface area contributed by atoms with Crippen molar-refractivity contribution in [1.82, 2.24) is 5.43 Å². The first-order valence-electron chi connectivity index (χ1n) is 11.6. The average Bonchev–Trinajstić information content (AvgIpc) is 2.88. The zero-order valence-corrected chi connectivity index (χ0v) is 22.0. The van der Waals surface area contributed by atoms with Crippen LogP contribution in [0.1, 0.15) is 36.7 Å². The summed E-state index contributed by atoms with van der Waals surface area (Å²) in [4.78, 5) is 25.3. The van der Waals surface area contributed by atoms with Gasteiger partial charge in [0.15, 0.2) is 0 Å². The van der Waals surface area contributed by atoms with E-state index in [9.17, 15) is 18.0 Å². The van der Waals surface area contributed by atoms with Gasteiger partial charge < -0.3 is 10.1 Å². The van der Waals surface area contributed by atoms with E-state index in [0.29, 0.717) is 40.6 Å². The van der Waals surface area contributed by atoms with E-state index in [0.717, 1.165) is 10.6 Å². The Balaban J connectivity index is 1.72. The maximum Gasteiger partial charge on any atom is 0.263 e. The standard InChI is InChI=1S/C27H30N4O5S/c1-5-36-25-16-14-24(15-17-25)31(37(4,34)35)20(3)26(32)30-29-19(2)22-12-9-13-23(18-22)28-27(33)21-10-7-6-8-11-21/h6-18,20H,5H2,1-4H3,(H,28,33)(H,30,32)/b29-19-/t20-/m1/s1. The number of ether oxygens (including phenoxy) is 1. The summed E-state index contributed by atoms with van der Waals surface area (Å²) in [7, 11) is -3.78. The summed E-state index contributed by atoms with van der Waals surface area (Å²) >= 11 is 0. The van der Waals surface area contributed by atoms with Crippen molar-refractivity contribution in [3.05, 3.63) is 90.0 Å². The van der Waals surface area contributed by atoms with Crippen molar-refractivity contribution in [2.24, 2.45) is 5.10 Å². The number of carbonyl (C=O) groups excluding carboxylic acids is 2. The second-order valence-corrected chi connectivity index (χ2v) is 10.1. The van der Waals surface area contributed by atoms with Gasteiger partial charge in [0.1, 0.15) is 11.8 Å². The molecule has 37 heavy (non-hydrogen) atoms. The molecule has 0 aliphatic heterocycles. The third-order valence-electron chi connectivity index (χ3n) is 5.40. The van der Waals surface area contributed by atoms with Gasteiger partial charge in [0.2, 0.25) is 10.0 Å². The van der Waals surface area contributed by atoms with Crippen LogP contribution >= 0.6 is 0 Å². The van der Waals surface area contributed by atoms with E-state index >= 15 is 0 Å². The summed E-state index contributed by atoms with van der Waals surface area (Å²) in [6.07, 6.45) is 1.04. The number of nitrogens with one attached hydrogen (secondary N) is 2. The van der Waals surface area contributed by atoms with Crippen LogP contribution in [0.4, 0.5) is 11.4 Å². The van der Waals surface area contributed by atoms with Crippen molar-refractivity contribution in [1.29, 1.82) is 0 Å². The summed E-state index contributed by atoms with van der Waals surface area (Å²) in [5, 5.41) is 6.99. The Hall–Kier alpha value is -4.18. The number of hydrogen-bond acceptors (Lipinski definition) is 6. The van der Waals surface area contributed by atoms with Gasteiger partial charge >= 0.3 is 0 Å². The highest BCUT2D eigenvalue weighted by Crippen LogP contribution is 2.24. The zero-order valence-electron chi connectivity index (χ0n) is 21.1. The fourth-order valence-corrected chi connectivity index (χ4v) is 4.75. The van der Waals surface area contributed by atoms with Gasteiger partial charge in [-0.3, -0.25) is 13.9 Å². The summed E-state index contributed by atoms with van der Waals surface area (Å²) in [5.74, 6) is -0.254. The van der Waals surface area contributed by atoms with Crippen LogP contribution in [0.15, 0.2) is 84.0 Å². The van der Waals surface area contributed by atoms with Crippen LogP contribution in [0.2, 0.25) is 0 Å². The first-order valence-corrected chi connectivity index (χ1v) is 13.5. The van der Waals surface area contributed by atoms with E-state index in [-0.39, 0.29) is 5.91 Å². The minimum Gasteiger partial charge on any atom is -0.494 e. The van der Waals surface area contributed by atoms with E-state index in [4.69, 9.17) is 4.74 Å². The number of benzene rings is 3. The Bertz CT molecular complexity index is 1370. The third kappa shape index (κ3) is 7.40. The first-order chi connectivity index (χ1) is 17.6. The molecular formula is C27H30N4O5S. The maximum absolute atomic E-state index is 12.9. The largest absolute Gasteiger partial charge is 0.494 e. The number of hydrogen-bond donors (Lipinski definition) is 2. The molecule has 0 saturated heterocycles. The molecule has 0 aliphatic carbocycles. The van der Waals surface area contributed by atoms with Gasteiger partial charge in [0, 0.05) is 11.3 Å². The second kappa shape index (κ2) is 12.2. The van der Waals surface area contributed by atoms with Gasteiger partial charge in [-0.25, -0.2) is 13.8 Å². The number of sulfonamides is 1. The Labute approximate surface area is 217 Å². The molecule has 0 saturated carbocycles. The molecule has 1 atom stereocenters.